The number of aldehydes is 1. The highest BCUT2D eigenvalue weighted by atomic mass is 127. The largest absolute Gasteiger partial charge is 0.481 e. The Morgan fingerprint density at radius 3 is 1.87 bits per heavy atom. The highest BCUT2D eigenvalue weighted by molar-refractivity contribution is 14.1. The quantitative estimate of drug-likeness (QED) is 0.282. The third kappa shape index (κ3) is 5.39. The summed E-state index contributed by atoms with van der Waals surface area (Å²) < 4.78 is 22.3. The molecule has 0 aliphatic carbocycles. The Bertz CT molecular complexity index is 1080. The molecule has 2 aromatic carbocycles. The van der Waals surface area contributed by atoms with Crippen LogP contribution in [0, 0.1) is 7.14 Å². The fourth-order valence-corrected chi connectivity index (χ4v) is 4.13. The number of carboxylic acids is 2. The first kappa shape index (κ1) is 23.1. The summed E-state index contributed by atoms with van der Waals surface area (Å²) in [6.45, 7) is 0.368. The lowest BCUT2D eigenvalue weighted by molar-refractivity contribution is -0.139. The monoisotopic (exact) mass is 652 g/mol. The number of hydrogen-bond donors (Lipinski definition) is 2. The average molecular weight is 652 g/mol. The first-order chi connectivity index (χ1) is 14.8. The smallest absolute Gasteiger partial charge is 0.332 e. The van der Waals surface area contributed by atoms with E-state index in [0.717, 1.165) is 9.86 Å². The molecule has 2 heterocycles. The molecule has 31 heavy (non-hydrogen) atoms. The van der Waals surface area contributed by atoms with E-state index in [2.05, 4.69) is 22.6 Å². The van der Waals surface area contributed by atoms with Crippen molar-refractivity contribution in [2.45, 2.75) is 6.42 Å². The maximum atomic E-state index is 11.0. The van der Waals surface area contributed by atoms with Crippen molar-refractivity contribution in [3.05, 3.63) is 48.1 Å². The predicted octanol–water partition coefficient (Wildman–Crippen LogP) is 3.80. The molecule has 9 nitrogen and oxygen atoms in total. The third-order valence-corrected chi connectivity index (χ3v) is 6.32. The number of hydrogen-bond acceptors (Lipinski definition) is 7. The molecule has 2 aliphatic heterocycles. The van der Waals surface area contributed by atoms with Gasteiger partial charge in [-0.25, -0.2) is 4.79 Å². The molecule has 11 heteroatoms. The van der Waals surface area contributed by atoms with E-state index in [4.69, 9.17) is 29.2 Å². The Hall–Kier alpha value is -2.55. The van der Waals surface area contributed by atoms with Gasteiger partial charge in [-0.2, -0.15) is 0 Å². The molecule has 2 N–H and O–H groups in total. The maximum Gasteiger partial charge on any atom is 0.332 e. The summed E-state index contributed by atoms with van der Waals surface area (Å²) in [5, 5.41) is 17.7. The van der Waals surface area contributed by atoms with Crippen molar-refractivity contribution in [3.63, 3.8) is 0 Å². The standard InChI is InChI=1S/C12H9IO6.C8H5IO3/c13-10-6(1-2-8-11(10)19-5-18-8)3-7(12(16)17)4-9(14)15;9-7-5(3-10)1-2-6-8(7)12-4-11-6/h1-3H,4-5H2,(H,14,15)(H,16,17);1-3H,4H2. The fourth-order valence-electron chi connectivity index (χ4n) is 2.65. The lowest BCUT2D eigenvalue weighted by Crippen LogP contribution is -2.06. The van der Waals surface area contributed by atoms with Gasteiger partial charge in [0.05, 0.1) is 13.6 Å². The van der Waals surface area contributed by atoms with E-state index in [1.54, 1.807) is 24.3 Å². The van der Waals surface area contributed by atoms with E-state index in [0.29, 0.717) is 37.7 Å². The van der Waals surface area contributed by atoms with E-state index in [1.165, 1.54) is 6.08 Å². The molecule has 0 spiro atoms. The SMILES string of the molecule is O=C(O)CC(=Cc1ccc2c(c1I)OCO2)C(=O)O.O=Cc1ccc2c(c1I)OCO2. The second-order valence-corrected chi connectivity index (χ2v) is 8.23. The van der Waals surface area contributed by atoms with Crippen LogP contribution in [0.5, 0.6) is 23.0 Å². The molecule has 162 valence electrons. The Morgan fingerprint density at radius 2 is 1.39 bits per heavy atom. The molecule has 0 fully saturated rings. The zero-order valence-electron chi connectivity index (χ0n) is 15.6. The molecular formula is C20H14I2O9. The minimum atomic E-state index is -1.25. The van der Waals surface area contributed by atoms with Crippen molar-refractivity contribution in [2.75, 3.05) is 13.6 Å². The summed E-state index contributed by atoms with van der Waals surface area (Å²) >= 11 is 4.08. The van der Waals surface area contributed by atoms with Crippen LogP contribution in [0.2, 0.25) is 0 Å². The number of halogens is 2. The van der Waals surface area contributed by atoms with Crippen LogP contribution in [0.3, 0.4) is 0 Å². The minimum Gasteiger partial charge on any atom is -0.481 e. The number of carboxylic acid groups (broad SMARTS) is 2. The van der Waals surface area contributed by atoms with Crippen LogP contribution in [0.4, 0.5) is 0 Å². The van der Waals surface area contributed by atoms with Crippen molar-refractivity contribution in [3.8, 4) is 23.0 Å². The van der Waals surface area contributed by atoms with Crippen LogP contribution in [-0.4, -0.2) is 42.0 Å². The first-order valence-electron chi connectivity index (χ1n) is 8.58. The molecule has 0 unspecified atom stereocenters. The van der Waals surface area contributed by atoms with E-state index in [1.807, 2.05) is 22.6 Å². The van der Waals surface area contributed by atoms with Gasteiger partial charge in [0.25, 0.3) is 0 Å². The topological polar surface area (TPSA) is 129 Å². The molecule has 0 saturated carbocycles. The Kier molecular flexibility index (Phi) is 7.59. The van der Waals surface area contributed by atoms with Crippen LogP contribution in [0.25, 0.3) is 6.08 Å². The number of carbonyl (C=O) groups is 3. The fraction of sp³-hybridized carbons (Fsp3) is 0.150. The summed E-state index contributed by atoms with van der Waals surface area (Å²) in [6, 6.07) is 6.80. The molecule has 0 bridgehead atoms. The van der Waals surface area contributed by atoms with Crippen molar-refractivity contribution in [2.24, 2.45) is 0 Å². The van der Waals surface area contributed by atoms with Crippen molar-refractivity contribution in [1.29, 1.82) is 0 Å². The Morgan fingerprint density at radius 1 is 0.871 bits per heavy atom. The number of ether oxygens (including phenoxy) is 4. The number of rotatable bonds is 5. The first-order valence-corrected chi connectivity index (χ1v) is 10.7. The van der Waals surface area contributed by atoms with Gasteiger partial charge in [0.15, 0.2) is 29.3 Å². The van der Waals surface area contributed by atoms with E-state index >= 15 is 0 Å². The average Bonchev–Trinajstić information content (AvgIpc) is 3.40. The van der Waals surface area contributed by atoms with Crippen LogP contribution in [0.15, 0.2) is 29.8 Å². The highest BCUT2D eigenvalue weighted by Gasteiger charge is 2.20. The lowest BCUT2D eigenvalue weighted by Gasteiger charge is -2.05. The van der Waals surface area contributed by atoms with Crippen LogP contribution in [-0.2, 0) is 9.59 Å². The molecule has 0 aromatic heterocycles. The van der Waals surface area contributed by atoms with Crippen LogP contribution < -0.4 is 18.9 Å². The van der Waals surface area contributed by atoms with Gasteiger partial charge in [0.2, 0.25) is 13.6 Å². The molecule has 0 amide bonds. The summed E-state index contributed by atoms with van der Waals surface area (Å²) in [7, 11) is 0. The van der Waals surface area contributed by atoms with Gasteiger partial charge < -0.3 is 29.2 Å². The molecule has 0 radical (unpaired) electrons. The summed E-state index contributed by atoms with van der Waals surface area (Å²) in [5.74, 6) is 0.0940. The van der Waals surface area contributed by atoms with Crippen molar-refractivity contribution < 1.29 is 43.5 Å². The summed E-state index contributed by atoms with van der Waals surface area (Å²) in [6.07, 6.45) is 1.60. The number of benzene rings is 2. The third-order valence-electron chi connectivity index (χ3n) is 4.09. The number of carbonyl (C=O) groups excluding carboxylic acids is 1. The number of aliphatic carboxylic acids is 2. The van der Waals surface area contributed by atoms with Gasteiger partial charge in [-0.3, -0.25) is 9.59 Å². The van der Waals surface area contributed by atoms with E-state index < -0.39 is 18.4 Å². The molecule has 4 rings (SSSR count). The maximum absolute atomic E-state index is 11.0. The van der Waals surface area contributed by atoms with Crippen LogP contribution >= 0.6 is 45.2 Å². The molecular weight excluding hydrogens is 638 g/mol. The lowest BCUT2D eigenvalue weighted by atomic mass is 10.1. The molecule has 2 aliphatic rings. The van der Waals surface area contributed by atoms with Crippen molar-refractivity contribution >= 4 is 69.5 Å². The van der Waals surface area contributed by atoms with E-state index in [9.17, 15) is 14.4 Å². The normalized spacial score (nSPS) is 13.3. The molecule has 0 saturated heterocycles. The van der Waals surface area contributed by atoms with Gasteiger partial charge in [0, 0.05) is 11.1 Å². The molecule has 2 aromatic rings. The Labute approximate surface area is 203 Å². The van der Waals surface area contributed by atoms with Crippen LogP contribution in [0.1, 0.15) is 22.3 Å². The van der Waals surface area contributed by atoms with Crippen molar-refractivity contribution in [1.82, 2.24) is 0 Å². The summed E-state index contributed by atoms with van der Waals surface area (Å²) in [5.41, 5.74) is 1.03. The summed E-state index contributed by atoms with van der Waals surface area (Å²) in [4.78, 5) is 32.1. The van der Waals surface area contributed by atoms with Gasteiger partial charge in [-0.1, -0.05) is 0 Å². The highest BCUT2D eigenvalue weighted by Crippen LogP contribution is 2.39. The minimum absolute atomic E-state index is 0.124. The second kappa shape index (κ2) is 10.2. The van der Waals surface area contributed by atoms with Gasteiger partial charge in [-0.15, -0.1) is 0 Å². The number of fused-ring (bicyclic) bond motifs is 2. The predicted molar refractivity (Wildman–Crippen MR) is 124 cm³/mol. The molecule has 0 atom stereocenters. The zero-order valence-corrected chi connectivity index (χ0v) is 19.9. The van der Waals surface area contributed by atoms with E-state index in [-0.39, 0.29) is 19.2 Å². The Balaban J connectivity index is 0.000000194. The van der Waals surface area contributed by atoms with Gasteiger partial charge in [0.1, 0.15) is 0 Å². The zero-order chi connectivity index (χ0) is 22.5. The second-order valence-electron chi connectivity index (χ2n) is 6.07. The van der Waals surface area contributed by atoms with Gasteiger partial charge in [-0.05, 0) is 81.1 Å². The van der Waals surface area contributed by atoms with Gasteiger partial charge >= 0.3 is 11.9 Å².